The van der Waals surface area contributed by atoms with E-state index in [-0.39, 0.29) is 53.3 Å². The number of aromatic nitrogens is 2. The molecule has 13 heteroatoms. The third-order valence-corrected chi connectivity index (χ3v) is 14.8. The number of benzene rings is 1. The molecule has 1 aliphatic heterocycles. The van der Waals surface area contributed by atoms with E-state index in [2.05, 4.69) is 55.1 Å². The van der Waals surface area contributed by atoms with Gasteiger partial charge in [-0.2, -0.15) is 13.5 Å². The third-order valence-electron chi connectivity index (χ3n) is 8.88. The van der Waals surface area contributed by atoms with Gasteiger partial charge in [0.15, 0.2) is 8.32 Å². The molecule has 0 saturated carbocycles. The molecule has 1 aromatic carbocycles. The Morgan fingerprint density at radius 2 is 1.80 bits per heavy atom. The molecule has 221 valence electrons. The smallest absolute Gasteiger partial charge is 0.334 e. The summed E-state index contributed by atoms with van der Waals surface area (Å²) in [6, 6.07) is 1.52. The van der Waals surface area contributed by atoms with Crippen molar-refractivity contribution in [1.82, 2.24) is 14.5 Å². The van der Waals surface area contributed by atoms with Crippen molar-refractivity contribution < 1.29 is 22.4 Å². The van der Waals surface area contributed by atoms with Gasteiger partial charge < -0.3 is 14.5 Å². The number of nitrogens with zero attached hydrogens (tertiary/aromatic N) is 3. The van der Waals surface area contributed by atoms with Crippen LogP contribution in [0.25, 0.3) is 0 Å². The van der Waals surface area contributed by atoms with Crippen LogP contribution in [-0.2, 0) is 52.1 Å². The minimum Gasteiger partial charge on any atom is -0.411 e. The van der Waals surface area contributed by atoms with Crippen LogP contribution < -0.4 is 14.3 Å². The Bertz CT molecular complexity index is 1360. The van der Waals surface area contributed by atoms with Gasteiger partial charge in [-0.1, -0.05) is 26.8 Å². The molecule has 1 aromatic heterocycles. The molecule has 0 spiro atoms. The summed E-state index contributed by atoms with van der Waals surface area (Å²) in [5, 5.41) is 7.15. The number of hydrogen-bond donors (Lipinski definition) is 2. The van der Waals surface area contributed by atoms with Crippen molar-refractivity contribution in [2.45, 2.75) is 96.1 Å². The fourth-order valence-electron chi connectivity index (χ4n) is 5.82. The Kier molecular flexibility index (Phi) is 9.75. The number of aryl methyl sites for hydroxylation is 3. The first-order valence-electron chi connectivity index (χ1n) is 14.3. The van der Waals surface area contributed by atoms with Crippen LogP contribution in [0.5, 0.6) is 0 Å². The largest absolute Gasteiger partial charge is 0.411 e. The zero-order chi connectivity index (χ0) is 28.9. The quantitative estimate of drug-likeness (QED) is 0.435. The average Bonchev–Trinajstić information content (AvgIpc) is 3.63. The number of carbonyl (C=O) groups excluding carboxylic acids is 1. The zero-order valence-electron chi connectivity index (χ0n) is 25.5. The van der Waals surface area contributed by atoms with E-state index in [0.717, 1.165) is 55.3 Å². The summed E-state index contributed by atoms with van der Waals surface area (Å²) < 4.78 is 44.9. The van der Waals surface area contributed by atoms with Gasteiger partial charge in [0.05, 0.1) is 37.2 Å². The molecule has 10 nitrogen and oxygen atoms in total. The number of hydrogen-bond acceptors (Lipinski definition) is 6. The normalized spacial score (nSPS) is 20.3. The number of carbonyl (C=O) groups is 1. The summed E-state index contributed by atoms with van der Waals surface area (Å²) >= 11 is 0. The number of anilines is 2. The molecule has 2 heterocycles. The van der Waals surface area contributed by atoms with Gasteiger partial charge in [0.25, 0.3) is 0 Å². The van der Waals surface area contributed by atoms with E-state index in [4.69, 9.17) is 9.16 Å². The molecular weight excluding hydrogens is 569 g/mol. The van der Waals surface area contributed by atoms with Crippen LogP contribution in [0.15, 0.2) is 18.5 Å². The first kappa shape index (κ1) is 32.5. The van der Waals surface area contributed by atoms with Gasteiger partial charge in [0.1, 0.15) is 0 Å². The molecule has 1 saturated heterocycles. The molecule has 41 heavy (non-hydrogen) atoms. The molecule has 0 bridgehead atoms. The second kappa shape index (κ2) is 12.3. The fourth-order valence-corrected chi connectivity index (χ4v) is 8.30. The standard InChI is InChI=1S/C28H43N5O5SSi.Na/c1-28(2,3)40(5,6)38-23-14-22(37-18-23)17-33(21-15-29-32(4)16-21)39(35,36)31-27(34)30-26-24-11-7-9-19(24)13-20-10-8-12-25(20)26;/h13,15-16,22-23H,7-12,14,17-18H2,1-6H3,(H2,30,31,34);/t22-,23-;/m0./s1. The predicted molar refractivity (Wildman–Crippen MR) is 164 cm³/mol. The fraction of sp³-hybridized carbons (Fsp3) is 0.643. The minimum absolute atomic E-state index is 0. The van der Waals surface area contributed by atoms with Gasteiger partial charge in [-0.05, 0) is 78.9 Å². The van der Waals surface area contributed by atoms with Crippen LogP contribution in [0.2, 0.25) is 18.1 Å². The van der Waals surface area contributed by atoms with Crippen molar-refractivity contribution >= 4 is 65.5 Å². The summed E-state index contributed by atoms with van der Waals surface area (Å²) in [5.41, 5.74) is 5.98. The Morgan fingerprint density at radius 1 is 1.17 bits per heavy atom. The number of fused-ring (bicyclic) bond motifs is 2. The van der Waals surface area contributed by atoms with Crippen LogP contribution in [0.4, 0.5) is 16.2 Å². The van der Waals surface area contributed by atoms with Gasteiger partial charge in [0, 0.05) is 54.9 Å². The number of ether oxygens (including phenoxy) is 1. The maximum absolute atomic E-state index is 13.7. The molecule has 3 aliphatic rings. The van der Waals surface area contributed by atoms with Crippen LogP contribution in [0.1, 0.15) is 62.3 Å². The van der Waals surface area contributed by atoms with Gasteiger partial charge in [0.2, 0.25) is 0 Å². The van der Waals surface area contributed by atoms with Crippen molar-refractivity contribution in [1.29, 1.82) is 0 Å². The third kappa shape index (κ3) is 7.05. The van der Waals surface area contributed by atoms with Crippen molar-refractivity contribution in [3.8, 4) is 0 Å². The number of amides is 2. The molecular formula is C28H43N5NaO5SSi. The van der Waals surface area contributed by atoms with E-state index < -0.39 is 24.6 Å². The molecule has 2 aliphatic carbocycles. The van der Waals surface area contributed by atoms with E-state index in [9.17, 15) is 13.2 Å². The van der Waals surface area contributed by atoms with E-state index >= 15 is 0 Å². The van der Waals surface area contributed by atoms with Gasteiger partial charge in [-0.25, -0.2) is 13.8 Å². The van der Waals surface area contributed by atoms with E-state index in [1.165, 1.54) is 26.3 Å². The van der Waals surface area contributed by atoms with Crippen molar-refractivity contribution in [3.05, 3.63) is 40.7 Å². The SMILES string of the molecule is Cn1cc(N(C[C@@H]2C[C@H](O[Si](C)(C)C(C)(C)C)CO2)S(=O)(=O)NC(=O)Nc2c3c(cc4c2CCC4)CCC3)cn1.[Na]. The molecule has 1 radical (unpaired) electrons. The summed E-state index contributed by atoms with van der Waals surface area (Å²) in [5.74, 6) is 0. The topological polar surface area (TPSA) is 115 Å². The predicted octanol–water partition coefficient (Wildman–Crippen LogP) is 4.07. The van der Waals surface area contributed by atoms with Gasteiger partial charge in [-0.15, -0.1) is 0 Å². The van der Waals surface area contributed by atoms with Crippen LogP contribution >= 0.6 is 0 Å². The van der Waals surface area contributed by atoms with Crippen molar-refractivity contribution in [3.63, 3.8) is 0 Å². The Labute approximate surface area is 267 Å². The number of urea groups is 1. The van der Waals surface area contributed by atoms with Crippen LogP contribution in [0.3, 0.4) is 0 Å². The Balaban J connectivity index is 0.00000387. The Morgan fingerprint density at radius 3 is 2.37 bits per heavy atom. The van der Waals surface area contributed by atoms with Crippen LogP contribution in [-0.4, -0.2) is 87.5 Å². The molecule has 2 aromatic rings. The molecule has 2 atom stereocenters. The minimum atomic E-state index is -4.27. The van der Waals surface area contributed by atoms with E-state index in [0.29, 0.717) is 18.7 Å². The first-order valence-corrected chi connectivity index (χ1v) is 18.6. The molecule has 0 unspecified atom stereocenters. The monoisotopic (exact) mass is 612 g/mol. The number of nitrogens with one attached hydrogen (secondary N) is 2. The molecule has 2 N–H and O–H groups in total. The van der Waals surface area contributed by atoms with E-state index in [1.54, 1.807) is 13.2 Å². The van der Waals surface area contributed by atoms with Gasteiger partial charge in [-0.3, -0.25) is 4.68 Å². The molecule has 2 amide bonds. The summed E-state index contributed by atoms with van der Waals surface area (Å²) in [7, 11) is -4.55. The maximum Gasteiger partial charge on any atom is 0.334 e. The summed E-state index contributed by atoms with van der Waals surface area (Å²) in [6.45, 7) is 11.4. The molecule has 5 rings (SSSR count). The first-order chi connectivity index (χ1) is 18.7. The van der Waals surface area contributed by atoms with Crippen molar-refractivity contribution in [2.75, 3.05) is 22.8 Å². The second-order valence-electron chi connectivity index (χ2n) is 12.9. The Hall–Kier alpha value is -1.41. The second-order valence-corrected chi connectivity index (χ2v) is 19.2. The van der Waals surface area contributed by atoms with Gasteiger partial charge >= 0.3 is 16.2 Å². The summed E-state index contributed by atoms with van der Waals surface area (Å²) in [6.07, 6.45) is 9.06. The zero-order valence-corrected chi connectivity index (χ0v) is 29.4. The van der Waals surface area contributed by atoms with E-state index in [1.807, 2.05) is 0 Å². The molecule has 1 fully saturated rings. The van der Waals surface area contributed by atoms with Crippen LogP contribution in [0, 0.1) is 0 Å². The number of rotatable bonds is 8. The summed E-state index contributed by atoms with van der Waals surface area (Å²) in [4.78, 5) is 13.2. The van der Waals surface area contributed by atoms with Crippen molar-refractivity contribution in [2.24, 2.45) is 7.05 Å². The maximum atomic E-state index is 13.7. The average molecular weight is 613 g/mol.